The standard InChI is InChI=1S/C19H31N3O4/c1-7-10-13(20-18(25)16(23)19(4,5)6)17(24)21-15-11-14(26-22-15)12(8-2)9-3/h8,11,13,16,23H,7,9-10H2,1-6H3,(H,20,25)(H,21,22,24). The highest BCUT2D eigenvalue weighted by Crippen LogP contribution is 2.21. The van der Waals surface area contributed by atoms with Gasteiger partial charge in [-0.15, -0.1) is 0 Å². The molecule has 0 spiro atoms. The number of carbonyl (C=O) groups excluding carboxylic acids is 2. The van der Waals surface area contributed by atoms with E-state index in [1.54, 1.807) is 26.8 Å². The third-order valence-corrected chi connectivity index (χ3v) is 4.09. The van der Waals surface area contributed by atoms with Crippen LogP contribution < -0.4 is 10.6 Å². The highest BCUT2D eigenvalue weighted by Gasteiger charge is 2.31. The van der Waals surface area contributed by atoms with Crippen molar-refractivity contribution in [3.63, 3.8) is 0 Å². The molecule has 2 atom stereocenters. The van der Waals surface area contributed by atoms with Gasteiger partial charge in [-0.3, -0.25) is 9.59 Å². The fraction of sp³-hybridized carbons (Fsp3) is 0.632. The van der Waals surface area contributed by atoms with Crippen LogP contribution in [0.3, 0.4) is 0 Å². The fourth-order valence-electron chi connectivity index (χ4n) is 2.42. The molecule has 2 unspecified atom stereocenters. The second-order valence-electron chi connectivity index (χ2n) is 7.35. The third-order valence-electron chi connectivity index (χ3n) is 4.09. The zero-order valence-electron chi connectivity index (χ0n) is 16.5. The number of anilines is 1. The number of aromatic nitrogens is 1. The zero-order valence-corrected chi connectivity index (χ0v) is 16.5. The topological polar surface area (TPSA) is 104 Å². The minimum Gasteiger partial charge on any atom is -0.383 e. The fourth-order valence-corrected chi connectivity index (χ4v) is 2.42. The average molecular weight is 365 g/mol. The van der Waals surface area contributed by atoms with Gasteiger partial charge in [-0.1, -0.05) is 52.3 Å². The van der Waals surface area contributed by atoms with Crippen LogP contribution in [0.4, 0.5) is 5.82 Å². The Morgan fingerprint density at radius 2 is 1.96 bits per heavy atom. The Bertz CT molecular complexity index is 643. The van der Waals surface area contributed by atoms with Gasteiger partial charge in [0.25, 0.3) is 0 Å². The Kier molecular flexibility index (Phi) is 8.02. The van der Waals surface area contributed by atoms with Crippen molar-refractivity contribution in [2.24, 2.45) is 5.41 Å². The van der Waals surface area contributed by atoms with Gasteiger partial charge in [0, 0.05) is 6.07 Å². The normalized spacial score (nSPS) is 14.7. The van der Waals surface area contributed by atoms with Gasteiger partial charge in [0.05, 0.1) is 0 Å². The summed E-state index contributed by atoms with van der Waals surface area (Å²) >= 11 is 0. The molecule has 0 fully saturated rings. The van der Waals surface area contributed by atoms with Crippen LogP contribution >= 0.6 is 0 Å². The van der Waals surface area contributed by atoms with Crippen molar-refractivity contribution >= 4 is 23.2 Å². The lowest BCUT2D eigenvalue weighted by Crippen LogP contribution is -2.50. The van der Waals surface area contributed by atoms with Crippen LogP contribution in [0.1, 0.15) is 66.6 Å². The van der Waals surface area contributed by atoms with Gasteiger partial charge in [-0.2, -0.15) is 0 Å². The van der Waals surface area contributed by atoms with E-state index in [4.69, 9.17) is 4.52 Å². The molecule has 0 bridgehead atoms. The quantitative estimate of drug-likeness (QED) is 0.656. The number of nitrogens with one attached hydrogen (secondary N) is 2. The molecule has 1 rings (SSSR count). The first-order valence-corrected chi connectivity index (χ1v) is 9.05. The monoisotopic (exact) mass is 365 g/mol. The summed E-state index contributed by atoms with van der Waals surface area (Å²) in [6, 6.07) is 0.906. The van der Waals surface area contributed by atoms with E-state index in [0.29, 0.717) is 24.4 Å². The number of aliphatic hydroxyl groups is 1. The van der Waals surface area contributed by atoms with Crippen molar-refractivity contribution in [1.82, 2.24) is 10.5 Å². The van der Waals surface area contributed by atoms with Gasteiger partial charge in [0.2, 0.25) is 11.8 Å². The van der Waals surface area contributed by atoms with E-state index in [-0.39, 0.29) is 5.91 Å². The number of amides is 2. The van der Waals surface area contributed by atoms with Gasteiger partial charge in [0.15, 0.2) is 11.6 Å². The van der Waals surface area contributed by atoms with Crippen LogP contribution in [0, 0.1) is 5.41 Å². The molecular formula is C19H31N3O4. The summed E-state index contributed by atoms with van der Waals surface area (Å²) in [5.41, 5.74) is 0.381. The first-order valence-electron chi connectivity index (χ1n) is 9.05. The van der Waals surface area contributed by atoms with Gasteiger partial charge < -0.3 is 20.3 Å². The number of rotatable bonds is 8. The summed E-state index contributed by atoms with van der Waals surface area (Å²) in [6.45, 7) is 11.1. The van der Waals surface area contributed by atoms with Crippen LogP contribution in [-0.4, -0.2) is 34.2 Å². The van der Waals surface area contributed by atoms with Crippen molar-refractivity contribution in [3.05, 3.63) is 17.9 Å². The Morgan fingerprint density at radius 1 is 1.31 bits per heavy atom. The molecule has 0 radical (unpaired) electrons. The largest absolute Gasteiger partial charge is 0.383 e. The summed E-state index contributed by atoms with van der Waals surface area (Å²) < 4.78 is 5.25. The minimum absolute atomic E-state index is 0.296. The average Bonchev–Trinajstić information content (AvgIpc) is 3.02. The second-order valence-corrected chi connectivity index (χ2v) is 7.35. The van der Waals surface area contributed by atoms with Crippen molar-refractivity contribution in [1.29, 1.82) is 0 Å². The van der Waals surface area contributed by atoms with Crippen molar-refractivity contribution in [2.75, 3.05) is 5.32 Å². The molecule has 0 aromatic carbocycles. The molecule has 0 aliphatic carbocycles. The zero-order chi connectivity index (χ0) is 19.9. The van der Waals surface area contributed by atoms with E-state index < -0.39 is 23.5 Å². The maximum atomic E-state index is 12.5. The van der Waals surface area contributed by atoms with Crippen LogP contribution in [-0.2, 0) is 9.59 Å². The predicted molar refractivity (Wildman–Crippen MR) is 101 cm³/mol. The van der Waals surface area contributed by atoms with E-state index in [2.05, 4.69) is 15.8 Å². The molecule has 0 aliphatic rings. The molecule has 2 amide bonds. The molecule has 0 aliphatic heterocycles. The maximum absolute atomic E-state index is 12.5. The van der Waals surface area contributed by atoms with Gasteiger partial charge >= 0.3 is 0 Å². The van der Waals surface area contributed by atoms with E-state index >= 15 is 0 Å². The predicted octanol–water partition coefficient (Wildman–Crippen LogP) is 3.12. The molecule has 7 heteroatoms. The maximum Gasteiger partial charge on any atom is 0.250 e. The Labute approximate surface area is 155 Å². The Hall–Kier alpha value is -2.15. The third kappa shape index (κ3) is 5.98. The first kappa shape index (κ1) is 21.9. The van der Waals surface area contributed by atoms with Crippen LogP contribution in [0.25, 0.3) is 5.57 Å². The van der Waals surface area contributed by atoms with Gasteiger partial charge in [-0.05, 0) is 30.8 Å². The summed E-state index contributed by atoms with van der Waals surface area (Å²) in [6.07, 6.45) is 2.68. The summed E-state index contributed by atoms with van der Waals surface area (Å²) in [5, 5.41) is 19.2. The lowest BCUT2D eigenvalue weighted by atomic mass is 9.88. The minimum atomic E-state index is -1.20. The molecule has 0 saturated heterocycles. The van der Waals surface area contributed by atoms with Crippen LogP contribution in [0.5, 0.6) is 0 Å². The molecule has 0 saturated carbocycles. The summed E-state index contributed by atoms with van der Waals surface area (Å²) in [5.74, 6) is -0.0529. The SMILES string of the molecule is CC=C(CC)c1cc(NC(=O)C(CCC)NC(=O)C(O)C(C)(C)C)no1. The summed E-state index contributed by atoms with van der Waals surface area (Å²) in [4.78, 5) is 24.7. The number of aliphatic hydroxyl groups excluding tert-OH is 1. The highest BCUT2D eigenvalue weighted by atomic mass is 16.5. The second kappa shape index (κ2) is 9.52. The molecule has 146 valence electrons. The molecule has 7 nitrogen and oxygen atoms in total. The van der Waals surface area contributed by atoms with Gasteiger partial charge in [0.1, 0.15) is 12.1 Å². The number of carbonyl (C=O) groups is 2. The van der Waals surface area contributed by atoms with E-state index in [1.165, 1.54) is 0 Å². The van der Waals surface area contributed by atoms with E-state index in [9.17, 15) is 14.7 Å². The molecule has 26 heavy (non-hydrogen) atoms. The number of allylic oxidation sites excluding steroid dienone is 2. The number of hydrogen-bond donors (Lipinski definition) is 3. The lowest BCUT2D eigenvalue weighted by Gasteiger charge is -2.26. The molecule has 1 aromatic rings. The van der Waals surface area contributed by atoms with E-state index in [1.807, 2.05) is 26.8 Å². The Morgan fingerprint density at radius 3 is 2.46 bits per heavy atom. The molecule has 3 N–H and O–H groups in total. The van der Waals surface area contributed by atoms with E-state index in [0.717, 1.165) is 12.0 Å². The smallest absolute Gasteiger partial charge is 0.250 e. The summed E-state index contributed by atoms with van der Waals surface area (Å²) in [7, 11) is 0. The molecule has 1 aromatic heterocycles. The molecule has 1 heterocycles. The van der Waals surface area contributed by atoms with Crippen molar-refractivity contribution in [3.8, 4) is 0 Å². The molecular weight excluding hydrogens is 334 g/mol. The van der Waals surface area contributed by atoms with Crippen molar-refractivity contribution < 1.29 is 19.2 Å². The van der Waals surface area contributed by atoms with Crippen LogP contribution in [0.15, 0.2) is 16.7 Å². The van der Waals surface area contributed by atoms with Crippen molar-refractivity contribution in [2.45, 2.75) is 73.0 Å². The Balaban J connectivity index is 2.81. The highest BCUT2D eigenvalue weighted by molar-refractivity contribution is 5.97. The first-order chi connectivity index (χ1) is 12.1. The number of hydrogen-bond acceptors (Lipinski definition) is 5. The van der Waals surface area contributed by atoms with Gasteiger partial charge in [-0.25, -0.2) is 0 Å². The number of nitrogens with zero attached hydrogens (tertiary/aromatic N) is 1. The van der Waals surface area contributed by atoms with Crippen LogP contribution in [0.2, 0.25) is 0 Å². The lowest BCUT2D eigenvalue weighted by molar-refractivity contribution is -0.137.